The molecule has 0 fully saturated rings. The van der Waals surface area contributed by atoms with Crippen LogP contribution in [-0.2, 0) is 4.79 Å². The summed E-state index contributed by atoms with van der Waals surface area (Å²) >= 11 is 13.2. The second kappa shape index (κ2) is 8.00. The summed E-state index contributed by atoms with van der Waals surface area (Å²) in [5.41, 5.74) is 1.45. The van der Waals surface area contributed by atoms with Crippen molar-refractivity contribution in [2.45, 2.75) is 6.92 Å². The molecule has 0 radical (unpaired) electrons. The van der Waals surface area contributed by atoms with Gasteiger partial charge in [0.05, 0.1) is 13.4 Å². The molecule has 0 aliphatic carbocycles. The van der Waals surface area contributed by atoms with E-state index in [4.69, 9.17) is 4.74 Å². The van der Waals surface area contributed by atoms with E-state index in [9.17, 15) is 9.90 Å². The van der Waals surface area contributed by atoms with Gasteiger partial charge in [-0.05, 0) is 84.5 Å². The summed E-state index contributed by atoms with van der Waals surface area (Å²) in [7, 11) is 0. The van der Waals surface area contributed by atoms with Gasteiger partial charge in [-0.15, -0.1) is 0 Å². The predicted molar refractivity (Wildman–Crippen MR) is 104 cm³/mol. The Morgan fingerprint density at radius 1 is 1.09 bits per heavy atom. The Labute approximate surface area is 167 Å². The number of hydrogen-bond acceptors (Lipinski definition) is 3. The van der Waals surface area contributed by atoms with E-state index in [-0.39, 0.29) is 18.3 Å². The lowest BCUT2D eigenvalue weighted by Crippen LogP contribution is -2.20. The molecule has 0 bridgehead atoms. The summed E-state index contributed by atoms with van der Waals surface area (Å²) in [5, 5.41) is 12.4. The Kier molecular flexibility index (Phi) is 6.53. The molecule has 0 aromatic heterocycles. The van der Waals surface area contributed by atoms with E-state index in [1.807, 2.05) is 19.1 Å². The number of anilines is 1. The largest absolute Gasteiger partial charge is 0.506 e. The Morgan fingerprint density at radius 2 is 1.70 bits per heavy atom. The van der Waals surface area contributed by atoms with Gasteiger partial charge in [0.2, 0.25) is 0 Å². The predicted octanol–water partition coefficient (Wildman–Crippen LogP) is 5.77. The molecule has 2 aromatic carbocycles. The Bertz CT molecular complexity index is 718. The fraction of sp³-hybridized carbons (Fsp3) is 0.133. The molecule has 4 nitrogen and oxygen atoms in total. The van der Waals surface area contributed by atoms with Crippen LogP contribution in [0, 0.1) is 6.92 Å². The number of aryl methyl sites for hydroxylation is 1. The average Bonchev–Trinajstić information content (AvgIpc) is 2.43. The number of phenolic OH excluding ortho intramolecular Hbond substituents is 1. The van der Waals surface area contributed by atoms with Gasteiger partial charge in [0.25, 0.3) is 5.91 Å². The number of aromatic hydroxyl groups is 1. The van der Waals surface area contributed by atoms with Crippen molar-refractivity contribution in [1.82, 2.24) is 0 Å². The molecule has 2 aromatic rings. The normalized spacial score (nSPS) is 10.5. The molecule has 0 unspecified atom stereocenters. The van der Waals surface area contributed by atoms with Crippen molar-refractivity contribution >= 4 is 75.3 Å². The third-order valence-corrected chi connectivity index (χ3v) is 5.10. The van der Waals surface area contributed by atoms with E-state index in [0.29, 0.717) is 20.4 Å². The fourth-order valence-corrected chi connectivity index (χ4v) is 4.58. The number of amides is 1. The molecule has 2 rings (SSSR count). The minimum Gasteiger partial charge on any atom is -0.506 e. The third-order valence-electron chi connectivity index (χ3n) is 2.84. The van der Waals surface area contributed by atoms with Crippen molar-refractivity contribution in [3.63, 3.8) is 0 Å². The number of phenols is 1. The summed E-state index contributed by atoms with van der Waals surface area (Å²) < 4.78 is 8.25. The molecule has 2 N–H and O–H groups in total. The van der Waals surface area contributed by atoms with Crippen LogP contribution in [0.25, 0.3) is 0 Å². The first-order chi connectivity index (χ1) is 10.8. The second-order valence-electron chi connectivity index (χ2n) is 4.66. The maximum absolute atomic E-state index is 12.0. The smallest absolute Gasteiger partial charge is 0.262 e. The summed E-state index contributed by atoms with van der Waals surface area (Å²) in [4.78, 5) is 12.0. The molecule has 0 aliphatic heterocycles. The molecule has 0 spiro atoms. The summed E-state index contributed by atoms with van der Waals surface area (Å²) in [6.07, 6.45) is 0. The van der Waals surface area contributed by atoms with Crippen molar-refractivity contribution < 1.29 is 14.6 Å². The highest BCUT2D eigenvalue weighted by molar-refractivity contribution is 9.11. The molecule has 1 amide bonds. The molecule has 8 heteroatoms. The summed E-state index contributed by atoms with van der Waals surface area (Å²) in [6, 6.07) is 6.98. The average molecular weight is 573 g/mol. The van der Waals surface area contributed by atoms with Crippen molar-refractivity contribution in [3.05, 3.63) is 47.7 Å². The third kappa shape index (κ3) is 4.95. The number of carbonyl (C=O) groups is 1. The Balaban J connectivity index is 2.04. The van der Waals surface area contributed by atoms with Crippen LogP contribution in [0.4, 0.5) is 5.69 Å². The van der Waals surface area contributed by atoms with Crippen LogP contribution in [-0.4, -0.2) is 17.6 Å². The number of ether oxygens (including phenoxy) is 1. The van der Waals surface area contributed by atoms with Gasteiger partial charge in [-0.1, -0.05) is 15.9 Å². The van der Waals surface area contributed by atoms with Gasteiger partial charge >= 0.3 is 0 Å². The molecular weight excluding hydrogens is 562 g/mol. The van der Waals surface area contributed by atoms with Crippen LogP contribution in [0.15, 0.2) is 42.2 Å². The van der Waals surface area contributed by atoms with Gasteiger partial charge in [-0.25, -0.2) is 0 Å². The van der Waals surface area contributed by atoms with Crippen molar-refractivity contribution in [1.29, 1.82) is 0 Å². The number of hydrogen-bond donors (Lipinski definition) is 2. The van der Waals surface area contributed by atoms with Gasteiger partial charge in [-0.2, -0.15) is 0 Å². The lowest BCUT2D eigenvalue weighted by molar-refractivity contribution is -0.118. The summed E-state index contributed by atoms with van der Waals surface area (Å²) in [6.45, 7) is 1.77. The van der Waals surface area contributed by atoms with Gasteiger partial charge in [0.1, 0.15) is 11.5 Å². The van der Waals surface area contributed by atoms with Crippen LogP contribution in [0.1, 0.15) is 5.56 Å². The van der Waals surface area contributed by atoms with Crippen LogP contribution in [0.2, 0.25) is 0 Å². The monoisotopic (exact) mass is 569 g/mol. The molecule has 0 aliphatic rings. The van der Waals surface area contributed by atoms with Gasteiger partial charge in [0, 0.05) is 10.2 Å². The minimum atomic E-state index is -0.302. The van der Waals surface area contributed by atoms with Crippen LogP contribution < -0.4 is 10.1 Å². The second-order valence-corrected chi connectivity index (χ2v) is 8.14. The van der Waals surface area contributed by atoms with Crippen molar-refractivity contribution in [2.75, 3.05) is 11.9 Å². The van der Waals surface area contributed by atoms with Gasteiger partial charge in [-0.3, -0.25) is 4.79 Å². The van der Waals surface area contributed by atoms with E-state index in [1.54, 1.807) is 12.1 Å². The van der Waals surface area contributed by atoms with E-state index in [2.05, 4.69) is 69.0 Å². The molecule has 0 saturated carbocycles. The first-order valence-electron chi connectivity index (χ1n) is 6.34. The molecular formula is C15H11Br4NO3. The maximum Gasteiger partial charge on any atom is 0.262 e. The fourth-order valence-electron chi connectivity index (χ4n) is 1.84. The summed E-state index contributed by atoms with van der Waals surface area (Å²) in [5.74, 6) is 0.397. The Morgan fingerprint density at radius 3 is 2.26 bits per heavy atom. The minimum absolute atomic E-state index is 0.0775. The molecule has 23 heavy (non-hydrogen) atoms. The molecule has 0 heterocycles. The van der Waals surface area contributed by atoms with Crippen LogP contribution in [0.5, 0.6) is 11.5 Å². The van der Waals surface area contributed by atoms with Crippen LogP contribution in [0.3, 0.4) is 0 Å². The number of carbonyl (C=O) groups excluding carboxylic acids is 1. The van der Waals surface area contributed by atoms with E-state index in [0.717, 1.165) is 14.5 Å². The highest BCUT2D eigenvalue weighted by atomic mass is 79.9. The number of rotatable bonds is 4. The van der Waals surface area contributed by atoms with Gasteiger partial charge in [0.15, 0.2) is 6.61 Å². The number of benzene rings is 2. The zero-order valence-electron chi connectivity index (χ0n) is 11.8. The van der Waals surface area contributed by atoms with Crippen molar-refractivity contribution in [2.24, 2.45) is 0 Å². The SMILES string of the molecule is Cc1cc(Br)cc(Br)c1OCC(=O)Nc1cc(Br)c(O)c(Br)c1. The maximum atomic E-state index is 12.0. The molecule has 0 atom stereocenters. The highest BCUT2D eigenvalue weighted by Crippen LogP contribution is 2.35. The quantitative estimate of drug-likeness (QED) is 0.458. The molecule has 122 valence electrons. The zero-order valence-corrected chi connectivity index (χ0v) is 18.1. The number of nitrogens with one attached hydrogen (secondary N) is 1. The van der Waals surface area contributed by atoms with E-state index < -0.39 is 0 Å². The zero-order chi connectivity index (χ0) is 17.1. The lowest BCUT2D eigenvalue weighted by atomic mass is 10.2. The van der Waals surface area contributed by atoms with Crippen molar-refractivity contribution in [3.8, 4) is 11.5 Å². The Hall–Kier alpha value is -0.570. The molecule has 0 saturated heterocycles. The van der Waals surface area contributed by atoms with E-state index >= 15 is 0 Å². The highest BCUT2D eigenvalue weighted by Gasteiger charge is 2.12. The topological polar surface area (TPSA) is 58.6 Å². The number of halogens is 4. The first-order valence-corrected chi connectivity index (χ1v) is 9.51. The lowest BCUT2D eigenvalue weighted by Gasteiger charge is -2.12. The van der Waals surface area contributed by atoms with Crippen LogP contribution >= 0.6 is 63.7 Å². The van der Waals surface area contributed by atoms with E-state index in [1.165, 1.54) is 0 Å². The standard InChI is InChI=1S/C15H11Br4NO3/c1-7-2-8(16)3-12(19)15(7)23-6-13(21)20-9-4-10(17)14(22)11(18)5-9/h2-5,22H,6H2,1H3,(H,20,21). The van der Waals surface area contributed by atoms with Gasteiger partial charge < -0.3 is 15.2 Å². The first kappa shape index (κ1) is 18.8.